The second kappa shape index (κ2) is 4.20. The van der Waals surface area contributed by atoms with E-state index >= 15 is 0 Å². The number of rotatable bonds is 5. The van der Waals surface area contributed by atoms with Crippen LogP contribution in [0.15, 0.2) is 0 Å². The third-order valence-electron chi connectivity index (χ3n) is 1.37. The molecule has 0 aromatic heterocycles. The molecule has 0 fully saturated rings. The zero-order valence-corrected chi connectivity index (χ0v) is 6.92. The van der Waals surface area contributed by atoms with Gasteiger partial charge in [0.1, 0.15) is 5.78 Å². The average molecular weight is 160 g/mol. The third-order valence-corrected chi connectivity index (χ3v) is 1.37. The molecule has 0 heterocycles. The highest BCUT2D eigenvalue weighted by Crippen LogP contribution is 2.12. The molecule has 0 bridgehead atoms. The summed E-state index contributed by atoms with van der Waals surface area (Å²) in [7, 11) is 2.64. The van der Waals surface area contributed by atoms with Crippen molar-refractivity contribution in [2.75, 3.05) is 14.2 Å². The molecule has 0 aliphatic carbocycles. The van der Waals surface area contributed by atoms with Gasteiger partial charge in [-0.1, -0.05) is 0 Å². The minimum Gasteiger partial charge on any atom is -0.347 e. The van der Waals surface area contributed by atoms with E-state index in [4.69, 9.17) is 9.47 Å². The van der Waals surface area contributed by atoms with Gasteiger partial charge in [0.05, 0.1) is 6.42 Å². The molecule has 0 aliphatic rings. The normalized spacial score (nSPS) is 11.2. The lowest BCUT2D eigenvalue weighted by molar-refractivity contribution is -0.198. The first-order chi connectivity index (χ1) is 5.10. The molecular weight excluding hydrogens is 148 g/mol. The summed E-state index contributed by atoms with van der Waals surface area (Å²) in [6.07, 6.45) is 0.428. The lowest BCUT2D eigenvalue weighted by Gasteiger charge is -2.22. The zero-order chi connectivity index (χ0) is 8.91. The number of ether oxygens (including phenoxy) is 2. The maximum absolute atomic E-state index is 10.6. The molecule has 0 aromatic carbocycles. The number of carbonyl (C=O) groups is 2. The predicted molar refractivity (Wildman–Crippen MR) is 38.1 cm³/mol. The monoisotopic (exact) mass is 160 g/mol. The minimum absolute atomic E-state index is 0.0521. The van der Waals surface area contributed by atoms with Gasteiger partial charge in [0.15, 0.2) is 6.29 Å². The van der Waals surface area contributed by atoms with E-state index in [1.165, 1.54) is 21.1 Å². The zero-order valence-electron chi connectivity index (χ0n) is 6.92. The van der Waals surface area contributed by atoms with Crippen LogP contribution in [0.5, 0.6) is 0 Å². The highest BCUT2D eigenvalue weighted by atomic mass is 16.7. The molecule has 4 heteroatoms. The number of hydrogen-bond acceptors (Lipinski definition) is 4. The fourth-order valence-electron chi connectivity index (χ4n) is 0.713. The molecule has 0 spiro atoms. The van der Waals surface area contributed by atoms with E-state index in [0.717, 1.165) is 0 Å². The summed E-state index contributed by atoms with van der Waals surface area (Å²) in [5.74, 6) is -1.54. The van der Waals surface area contributed by atoms with E-state index in [1.807, 2.05) is 0 Å². The number of aldehydes is 1. The van der Waals surface area contributed by atoms with Gasteiger partial charge in [-0.3, -0.25) is 9.59 Å². The number of hydrogen-bond donors (Lipinski definition) is 0. The topological polar surface area (TPSA) is 52.6 Å². The maximum atomic E-state index is 10.6. The Hall–Kier alpha value is -0.740. The molecule has 0 atom stereocenters. The van der Waals surface area contributed by atoms with E-state index in [9.17, 15) is 9.59 Å². The summed E-state index contributed by atoms with van der Waals surface area (Å²) in [6, 6.07) is 0. The second-order valence-electron chi connectivity index (χ2n) is 2.22. The molecule has 0 aromatic rings. The van der Waals surface area contributed by atoms with Crippen LogP contribution in [0.25, 0.3) is 0 Å². The number of carbonyl (C=O) groups excluding carboxylic acids is 2. The summed E-state index contributed by atoms with van der Waals surface area (Å²) >= 11 is 0. The smallest absolute Gasteiger partial charge is 0.232 e. The van der Waals surface area contributed by atoms with Gasteiger partial charge in [-0.05, 0) is 6.92 Å². The molecule has 0 amide bonds. The lowest BCUT2D eigenvalue weighted by Crippen LogP contribution is -2.37. The number of ketones is 1. The van der Waals surface area contributed by atoms with Crippen LogP contribution in [0.1, 0.15) is 13.3 Å². The van der Waals surface area contributed by atoms with Crippen molar-refractivity contribution in [1.29, 1.82) is 0 Å². The largest absolute Gasteiger partial charge is 0.347 e. The Balaban J connectivity index is 4.28. The van der Waals surface area contributed by atoms with Crippen molar-refractivity contribution in [2.45, 2.75) is 19.1 Å². The highest BCUT2D eigenvalue weighted by molar-refractivity contribution is 5.80. The molecule has 11 heavy (non-hydrogen) atoms. The van der Waals surface area contributed by atoms with Crippen molar-refractivity contribution in [2.24, 2.45) is 0 Å². The summed E-state index contributed by atoms with van der Waals surface area (Å²) in [5.41, 5.74) is 0. The summed E-state index contributed by atoms with van der Waals surface area (Å²) in [5, 5.41) is 0. The predicted octanol–water partition coefficient (Wildman–Crippen LogP) is 0.153. The van der Waals surface area contributed by atoms with Crippen molar-refractivity contribution < 1.29 is 19.1 Å². The standard InChI is InChI=1S/C7H12O4/c1-6(9)4-7(5-8,10-2)11-3/h5H,4H2,1-3H3. The first kappa shape index (κ1) is 10.3. The molecule has 0 N–H and O–H groups in total. The fraction of sp³-hybridized carbons (Fsp3) is 0.714. The molecule has 0 rings (SSSR count). The first-order valence-corrected chi connectivity index (χ1v) is 3.16. The summed E-state index contributed by atoms with van der Waals surface area (Å²) in [6.45, 7) is 1.37. The van der Waals surface area contributed by atoms with E-state index in [2.05, 4.69) is 0 Å². The first-order valence-electron chi connectivity index (χ1n) is 3.16. The highest BCUT2D eigenvalue weighted by Gasteiger charge is 2.30. The van der Waals surface area contributed by atoms with Crippen LogP contribution in [0, 0.1) is 0 Å². The van der Waals surface area contributed by atoms with Crippen LogP contribution in [-0.4, -0.2) is 32.1 Å². The van der Waals surface area contributed by atoms with Gasteiger partial charge in [0.25, 0.3) is 0 Å². The Bertz CT molecular complexity index is 149. The Labute approximate surface area is 65.5 Å². The van der Waals surface area contributed by atoms with E-state index in [0.29, 0.717) is 6.29 Å². The van der Waals surface area contributed by atoms with Crippen LogP contribution in [0.2, 0.25) is 0 Å². The van der Waals surface area contributed by atoms with Gasteiger partial charge in [0.2, 0.25) is 5.79 Å². The Morgan fingerprint density at radius 2 is 1.91 bits per heavy atom. The quantitative estimate of drug-likeness (QED) is 0.424. The molecule has 0 unspecified atom stereocenters. The van der Waals surface area contributed by atoms with Gasteiger partial charge in [-0.2, -0.15) is 0 Å². The van der Waals surface area contributed by atoms with Gasteiger partial charge in [0, 0.05) is 14.2 Å². The van der Waals surface area contributed by atoms with Crippen LogP contribution >= 0.6 is 0 Å². The van der Waals surface area contributed by atoms with Crippen molar-refractivity contribution in [3.8, 4) is 0 Å². The van der Waals surface area contributed by atoms with Crippen LogP contribution in [0.4, 0.5) is 0 Å². The van der Waals surface area contributed by atoms with E-state index < -0.39 is 5.79 Å². The molecule has 0 saturated carbocycles. The van der Waals surface area contributed by atoms with Crippen LogP contribution in [-0.2, 0) is 19.1 Å². The van der Waals surface area contributed by atoms with Crippen molar-refractivity contribution in [1.82, 2.24) is 0 Å². The molecule has 0 saturated heterocycles. The SMILES string of the molecule is COC(C=O)(CC(C)=O)OC. The molecule has 0 radical (unpaired) electrons. The van der Waals surface area contributed by atoms with Gasteiger partial charge >= 0.3 is 0 Å². The van der Waals surface area contributed by atoms with Crippen molar-refractivity contribution in [3.05, 3.63) is 0 Å². The van der Waals surface area contributed by atoms with Gasteiger partial charge < -0.3 is 9.47 Å². The van der Waals surface area contributed by atoms with Gasteiger partial charge in [-0.25, -0.2) is 0 Å². The van der Waals surface area contributed by atoms with Crippen LogP contribution in [0.3, 0.4) is 0 Å². The van der Waals surface area contributed by atoms with Crippen molar-refractivity contribution in [3.63, 3.8) is 0 Å². The summed E-state index contributed by atoms with van der Waals surface area (Å²) in [4.78, 5) is 21.0. The van der Waals surface area contributed by atoms with Crippen molar-refractivity contribution >= 4 is 12.1 Å². The Kier molecular flexibility index (Phi) is 3.92. The van der Waals surface area contributed by atoms with E-state index in [1.54, 1.807) is 0 Å². The maximum Gasteiger partial charge on any atom is 0.232 e. The lowest BCUT2D eigenvalue weighted by atomic mass is 10.1. The van der Waals surface area contributed by atoms with E-state index in [-0.39, 0.29) is 12.2 Å². The number of Topliss-reactive ketones (excluding diaryl/α,β-unsaturated/α-hetero) is 1. The Morgan fingerprint density at radius 3 is 2.00 bits per heavy atom. The molecule has 0 aliphatic heterocycles. The second-order valence-corrected chi connectivity index (χ2v) is 2.22. The molecule has 64 valence electrons. The fourth-order valence-corrected chi connectivity index (χ4v) is 0.713. The Morgan fingerprint density at radius 1 is 1.45 bits per heavy atom. The van der Waals surface area contributed by atoms with Gasteiger partial charge in [-0.15, -0.1) is 0 Å². The molecular formula is C7H12O4. The minimum atomic E-state index is -1.38. The average Bonchev–Trinajstić information content (AvgIpc) is 2.00. The molecule has 4 nitrogen and oxygen atoms in total. The summed E-state index contributed by atoms with van der Waals surface area (Å²) < 4.78 is 9.47. The number of methoxy groups -OCH3 is 2. The third kappa shape index (κ3) is 2.78. The van der Waals surface area contributed by atoms with Crippen LogP contribution < -0.4 is 0 Å².